The third-order valence-corrected chi connectivity index (χ3v) is 4.87. The number of carbonyl (C=O) groups excluding carboxylic acids is 1. The first kappa shape index (κ1) is 22.2. The highest BCUT2D eigenvalue weighted by Gasteiger charge is 2.40. The fraction of sp³-hybridized carbons (Fsp3) is 0.542. The van der Waals surface area contributed by atoms with Crippen molar-refractivity contribution in [2.75, 3.05) is 19.0 Å². The number of hydrogen-bond acceptors (Lipinski definition) is 3. The Bertz CT molecular complexity index is 773. The molecule has 0 aliphatic heterocycles. The molecule has 154 valence electrons. The number of anilines is 1. The Labute approximate surface area is 169 Å². The molecular formula is C24H35NO3. The lowest BCUT2D eigenvalue weighted by Crippen LogP contribution is -2.47. The fourth-order valence-electron chi connectivity index (χ4n) is 3.80. The van der Waals surface area contributed by atoms with Gasteiger partial charge in [-0.25, -0.2) is 0 Å². The molecule has 2 aromatic rings. The molecule has 0 atom stereocenters. The van der Waals surface area contributed by atoms with E-state index in [1.807, 2.05) is 36.4 Å². The van der Waals surface area contributed by atoms with Crippen molar-refractivity contribution < 1.29 is 14.3 Å². The number of nitrogens with one attached hydrogen (secondary N) is 1. The number of ether oxygens (including phenoxy) is 2. The van der Waals surface area contributed by atoms with Gasteiger partial charge in [0.1, 0.15) is 11.4 Å². The maximum absolute atomic E-state index is 13.4. The second kappa shape index (κ2) is 9.92. The Morgan fingerprint density at radius 2 is 1.61 bits per heavy atom. The van der Waals surface area contributed by atoms with Crippen LogP contribution in [0.3, 0.4) is 0 Å². The highest BCUT2D eigenvalue weighted by atomic mass is 16.5. The van der Waals surface area contributed by atoms with Crippen molar-refractivity contribution in [2.45, 2.75) is 59.5 Å². The van der Waals surface area contributed by atoms with Gasteiger partial charge in [0, 0.05) is 23.6 Å². The third-order valence-electron chi connectivity index (χ3n) is 4.87. The van der Waals surface area contributed by atoms with Crippen LogP contribution in [0, 0.1) is 11.8 Å². The second-order valence-corrected chi connectivity index (χ2v) is 8.35. The van der Waals surface area contributed by atoms with Crippen LogP contribution in [0.1, 0.15) is 53.9 Å². The largest absolute Gasteiger partial charge is 0.493 e. The van der Waals surface area contributed by atoms with Gasteiger partial charge in [-0.3, -0.25) is 4.79 Å². The maximum Gasteiger partial charge on any atom is 0.256 e. The molecule has 4 nitrogen and oxygen atoms in total. The number of hydrogen-bond donors (Lipinski definition) is 1. The lowest BCUT2D eigenvalue weighted by Gasteiger charge is -2.34. The molecule has 1 amide bonds. The molecule has 0 saturated carbocycles. The predicted molar refractivity (Wildman–Crippen MR) is 117 cm³/mol. The summed E-state index contributed by atoms with van der Waals surface area (Å²) in [5, 5.41) is 5.13. The average Bonchev–Trinajstić information content (AvgIpc) is 2.65. The first-order valence-corrected chi connectivity index (χ1v) is 10.3. The van der Waals surface area contributed by atoms with E-state index >= 15 is 0 Å². The van der Waals surface area contributed by atoms with Gasteiger partial charge in [-0.2, -0.15) is 0 Å². The van der Waals surface area contributed by atoms with Crippen LogP contribution < -0.4 is 10.1 Å². The molecule has 0 fully saturated rings. The number of methoxy groups -OCH3 is 1. The van der Waals surface area contributed by atoms with Crippen molar-refractivity contribution in [1.82, 2.24) is 0 Å². The highest BCUT2D eigenvalue weighted by molar-refractivity contribution is 6.06. The summed E-state index contributed by atoms with van der Waals surface area (Å²) in [6, 6.07) is 11.9. The van der Waals surface area contributed by atoms with E-state index in [4.69, 9.17) is 9.47 Å². The zero-order chi connectivity index (χ0) is 20.7. The SMILES string of the molecule is CCCOc1ccc(NC(=O)C(CC(C)C)(CC(C)C)OC)c2ccccc12. The molecule has 0 aliphatic rings. The van der Waals surface area contributed by atoms with Gasteiger partial charge in [-0.05, 0) is 43.2 Å². The Morgan fingerprint density at radius 3 is 2.14 bits per heavy atom. The summed E-state index contributed by atoms with van der Waals surface area (Å²) in [6.07, 6.45) is 2.32. The second-order valence-electron chi connectivity index (χ2n) is 8.35. The molecule has 0 spiro atoms. The fourth-order valence-corrected chi connectivity index (χ4v) is 3.80. The third kappa shape index (κ3) is 5.26. The van der Waals surface area contributed by atoms with E-state index in [1.54, 1.807) is 7.11 Å². The zero-order valence-corrected chi connectivity index (χ0v) is 18.2. The van der Waals surface area contributed by atoms with Crippen molar-refractivity contribution in [3.05, 3.63) is 36.4 Å². The molecule has 0 bridgehead atoms. The standard InChI is InChI=1S/C24H35NO3/c1-7-14-28-22-13-12-21(19-10-8-9-11-20(19)22)25-23(26)24(27-6,15-17(2)3)16-18(4)5/h8-13,17-18H,7,14-16H2,1-6H3,(H,25,26). The molecule has 0 unspecified atom stereocenters. The van der Waals surface area contributed by atoms with Gasteiger partial charge < -0.3 is 14.8 Å². The first-order valence-electron chi connectivity index (χ1n) is 10.3. The van der Waals surface area contributed by atoms with Crippen molar-refractivity contribution in [3.8, 4) is 5.75 Å². The minimum Gasteiger partial charge on any atom is -0.493 e. The van der Waals surface area contributed by atoms with Crippen molar-refractivity contribution in [1.29, 1.82) is 0 Å². The number of amides is 1. The molecule has 0 heterocycles. The average molecular weight is 386 g/mol. The molecule has 2 aromatic carbocycles. The van der Waals surface area contributed by atoms with E-state index < -0.39 is 5.60 Å². The number of fused-ring (bicyclic) bond motifs is 1. The van der Waals surface area contributed by atoms with Crippen LogP contribution >= 0.6 is 0 Å². The van der Waals surface area contributed by atoms with E-state index in [-0.39, 0.29) is 5.91 Å². The summed E-state index contributed by atoms with van der Waals surface area (Å²) in [5.41, 5.74) is -0.0423. The van der Waals surface area contributed by atoms with Crippen LogP contribution in [0.5, 0.6) is 5.75 Å². The van der Waals surface area contributed by atoms with E-state index in [2.05, 4.69) is 39.9 Å². The summed E-state index contributed by atoms with van der Waals surface area (Å²) in [5.74, 6) is 1.47. The van der Waals surface area contributed by atoms with Gasteiger partial charge in [-0.1, -0.05) is 58.9 Å². The van der Waals surface area contributed by atoms with Gasteiger partial charge in [0.15, 0.2) is 0 Å². The van der Waals surface area contributed by atoms with Gasteiger partial charge in [0.25, 0.3) is 5.91 Å². The smallest absolute Gasteiger partial charge is 0.256 e. The van der Waals surface area contributed by atoms with Crippen LogP contribution in [0.15, 0.2) is 36.4 Å². The van der Waals surface area contributed by atoms with Crippen molar-refractivity contribution in [2.24, 2.45) is 11.8 Å². The lowest BCUT2D eigenvalue weighted by molar-refractivity contribution is -0.142. The predicted octanol–water partition coefficient (Wildman–Crippen LogP) is 6.04. The van der Waals surface area contributed by atoms with Gasteiger partial charge in [-0.15, -0.1) is 0 Å². The van der Waals surface area contributed by atoms with E-state index in [1.165, 1.54) is 0 Å². The Balaban J connectivity index is 2.39. The quantitative estimate of drug-likeness (QED) is 0.542. The van der Waals surface area contributed by atoms with Crippen LogP contribution in [0.25, 0.3) is 10.8 Å². The van der Waals surface area contributed by atoms with Crippen molar-refractivity contribution in [3.63, 3.8) is 0 Å². The highest BCUT2D eigenvalue weighted by Crippen LogP contribution is 2.34. The summed E-state index contributed by atoms with van der Waals surface area (Å²) in [4.78, 5) is 13.4. The van der Waals surface area contributed by atoms with Crippen LogP contribution in [-0.2, 0) is 9.53 Å². The summed E-state index contributed by atoms with van der Waals surface area (Å²) in [6.45, 7) is 11.2. The first-order chi connectivity index (χ1) is 13.3. The van der Waals surface area contributed by atoms with Crippen LogP contribution in [0.4, 0.5) is 5.69 Å². The number of benzene rings is 2. The Morgan fingerprint density at radius 1 is 1.00 bits per heavy atom. The topological polar surface area (TPSA) is 47.6 Å². The molecular weight excluding hydrogens is 350 g/mol. The van der Waals surface area contributed by atoms with Gasteiger partial charge in [0.05, 0.1) is 6.61 Å². The maximum atomic E-state index is 13.4. The summed E-state index contributed by atoms with van der Waals surface area (Å²) < 4.78 is 11.7. The van der Waals surface area contributed by atoms with Gasteiger partial charge >= 0.3 is 0 Å². The number of carbonyl (C=O) groups is 1. The molecule has 4 heteroatoms. The minimum atomic E-state index is -0.833. The van der Waals surface area contributed by atoms with Crippen molar-refractivity contribution >= 4 is 22.4 Å². The van der Waals surface area contributed by atoms with E-state index in [9.17, 15) is 4.79 Å². The molecule has 2 rings (SSSR count). The zero-order valence-electron chi connectivity index (χ0n) is 18.2. The normalized spacial score (nSPS) is 12.0. The monoisotopic (exact) mass is 385 g/mol. The molecule has 0 aromatic heterocycles. The van der Waals surface area contributed by atoms with Crippen LogP contribution in [-0.4, -0.2) is 25.2 Å². The number of rotatable bonds is 10. The molecule has 0 aliphatic carbocycles. The lowest BCUT2D eigenvalue weighted by atomic mass is 9.84. The van der Waals surface area contributed by atoms with Crippen LogP contribution in [0.2, 0.25) is 0 Å². The van der Waals surface area contributed by atoms with Gasteiger partial charge in [0.2, 0.25) is 0 Å². The molecule has 0 saturated heterocycles. The summed E-state index contributed by atoms with van der Waals surface area (Å²) in [7, 11) is 1.64. The van der Waals surface area contributed by atoms with E-state index in [0.717, 1.165) is 28.6 Å². The molecule has 0 radical (unpaired) electrons. The Hall–Kier alpha value is -2.07. The van der Waals surface area contributed by atoms with E-state index in [0.29, 0.717) is 31.3 Å². The molecule has 28 heavy (non-hydrogen) atoms. The Kier molecular flexibility index (Phi) is 7.88. The summed E-state index contributed by atoms with van der Waals surface area (Å²) >= 11 is 0. The molecule has 1 N–H and O–H groups in total. The minimum absolute atomic E-state index is 0.0789.